The van der Waals surface area contributed by atoms with Crippen molar-refractivity contribution in [2.24, 2.45) is 0 Å². The highest BCUT2D eigenvalue weighted by Crippen LogP contribution is 2.30. The maximum atomic E-state index is 12.6. The van der Waals surface area contributed by atoms with Gasteiger partial charge in [-0.15, -0.1) is 0 Å². The van der Waals surface area contributed by atoms with Crippen LogP contribution in [0.25, 0.3) is 6.08 Å². The number of carbonyl (C=O) groups is 1. The average molecular weight is 425 g/mol. The highest BCUT2D eigenvalue weighted by molar-refractivity contribution is 9.10. The van der Waals surface area contributed by atoms with Crippen LogP contribution in [0.3, 0.4) is 0 Å². The molecule has 1 saturated carbocycles. The second-order valence-electron chi connectivity index (χ2n) is 7.28. The van der Waals surface area contributed by atoms with E-state index in [1.54, 1.807) is 5.92 Å². The molecule has 0 saturated heterocycles. The van der Waals surface area contributed by atoms with E-state index in [1.807, 2.05) is 36.4 Å². The molecule has 2 aromatic carbocycles. The Labute approximate surface area is 168 Å². The van der Waals surface area contributed by atoms with Crippen LogP contribution in [-0.4, -0.2) is 12.5 Å². The van der Waals surface area contributed by atoms with Gasteiger partial charge >= 0.3 is 0 Å². The topological polar surface area (TPSA) is 38.3 Å². The molecule has 0 unspecified atom stereocenters. The number of rotatable bonds is 4. The fraction of sp³-hybridized carbons (Fsp3) is 0.304. The minimum atomic E-state index is -0.116. The summed E-state index contributed by atoms with van der Waals surface area (Å²) in [6, 6.07) is 14.0. The molecule has 4 heteroatoms. The lowest BCUT2D eigenvalue weighted by molar-refractivity contribution is -0.113. The summed E-state index contributed by atoms with van der Waals surface area (Å²) in [4.78, 5) is 12.6. The second kappa shape index (κ2) is 8.30. The Kier molecular flexibility index (Phi) is 5.63. The molecule has 2 aromatic rings. The predicted octanol–water partition coefficient (Wildman–Crippen LogP) is 5.94. The van der Waals surface area contributed by atoms with Gasteiger partial charge < -0.3 is 10.1 Å². The van der Waals surface area contributed by atoms with Gasteiger partial charge in [-0.25, -0.2) is 0 Å². The van der Waals surface area contributed by atoms with Gasteiger partial charge in [0.2, 0.25) is 0 Å². The van der Waals surface area contributed by atoms with Crippen LogP contribution in [0.4, 0.5) is 5.69 Å². The molecule has 0 spiro atoms. The summed E-state index contributed by atoms with van der Waals surface area (Å²) in [5, 5.41) is 2.98. The van der Waals surface area contributed by atoms with E-state index in [0.29, 0.717) is 5.57 Å². The molecule has 3 nitrogen and oxygen atoms in total. The monoisotopic (exact) mass is 424 g/mol. The summed E-state index contributed by atoms with van der Waals surface area (Å²) < 4.78 is 6.67. The Bertz CT molecular complexity index is 851. The molecule has 1 heterocycles. The van der Waals surface area contributed by atoms with Crippen LogP contribution in [-0.2, 0) is 11.2 Å². The number of anilines is 1. The number of fused-ring (bicyclic) bond motifs is 1. The van der Waals surface area contributed by atoms with Gasteiger partial charge in [0.05, 0.1) is 5.57 Å². The molecule has 1 N–H and O–H groups in total. The zero-order chi connectivity index (χ0) is 18.6. The number of carbonyl (C=O) groups excluding carboxylic acids is 1. The van der Waals surface area contributed by atoms with Crippen LogP contribution < -0.4 is 10.1 Å². The molecule has 1 amide bonds. The SMILES string of the molecule is O=C(Nc1ccc(C[C]2CCCCC2)cc1)C1=Cc2cc(Br)ccc2OC1. The maximum Gasteiger partial charge on any atom is 0.255 e. The van der Waals surface area contributed by atoms with Crippen molar-refractivity contribution in [3.05, 3.63) is 69.6 Å². The summed E-state index contributed by atoms with van der Waals surface area (Å²) >= 11 is 3.46. The first kappa shape index (κ1) is 18.3. The van der Waals surface area contributed by atoms with E-state index in [-0.39, 0.29) is 12.5 Å². The summed E-state index contributed by atoms with van der Waals surface area (Å²) in [5.74, 6) is 2.35. The van der Waals surface area contributed by atoms with Gasteiger partial charge in [0, 0.05) is 15.7 Å². The molecule has 4 rings (SSSR count). The molecule has 0 atom stereocenters. The number of ether oxygens (including phenoxy) is 1. The normalized spacial score (nSPS) is 16.9. The lowest BCUT2D eigenvalue weighted by Crippen LogP contribution is -2.21. The maximum absolute atomic E-state index is 12.6. The van der Waals surface area contributed by atoms with E-state index in [4.69, 9.17) is 4.74 Å². The molecule has 0 bridgehead atoms. The van der Waals surface area contributed by atoms with Gasteiger partial charge in [0.1, 0.15) is 12.4 Å². The molecule has 1 fully saturated rings. The fourth-order valence-electron chi connectivity index (χ4n) is 3.71. The molecule has 1 aliphatic heterocycles. The highest BCUT2D eigenvalue weighted by atomic mass is 79.9. The van der Waals surface area contributed by atoms with Gasteiger partial charge in [0.25, 0.3) is 5.91 Å². The average Bonchev–Trinajstić information content (AvgIpc) is 2.69. The Hall–Kier alpha value is -2.07. The lowest BCUT2D eigenvalue weighted by atomic mass is 9.85. The van der Waals surface area contributed by atoms with Gasteiger partial charge in [-0.3, -0.25) is 4.79 Å². The summed E-state index contributed by atoms with van der Waals surface area (Å²) in [5.41, 5.74) is 3.69. The number of hydrogen-bond donors (Lipinski definition) is 1. The van der Waals surface area contributed by atoms with Crippen molar-refractivity contribution in [3.63, 3.8) is 0 Å². The van der Waals surface area contributed by atoms with Crippen molar-refractivity contribution in [2.45, 2.75) is 38.5 Å². The van der Waals surface area contributed by atoms with Crippen LogP contribution in [0.2, 0.25) is 0 Å². The standard InChI is InChI=1S/C23H23BrNO2/c24-20-8-11-22-18(14-20)13-19(15-27-22)23(26)25-21-9-6-17(7-10-21)12-16-4-2-1-3-5-16/h6-11,13-14H,1-5,12,15H2,(H,25,26). The molecule has 1 radical (unpaired) electrons. The van der Waals surface area contributed by atoms with Crippen LogP contribution >= 0.6 is 15.9 Å². The predicted molar refractivity (Wildman–Crippen MR) is 113 cm³/mol. The van der Waals surface area contributed by atoms with Crippen molar-refractivity contribution in [3.8, 4) is 5.75 Å². The molecular formula is C23H23BrNO2. The Morgan fingerprint density at radius 3 is 2.59 bits per heavy atom. The minimum absolute atomic E-state index is 0.116. The molecule has 139 valence electrons. The first-order valence-corrected chi connectivity index (χ1v) is 10.3. The Morgan fingerprint density at radius 2 is 1.81 bits per heavy atom. The Morgan fingerprint density at radius 1 is 1.04 bits per heavy atom. The van der Waals surface area contributed by atoms with Crippen molar-refractivity contribution < 1.29 is 9.53 Å². The van der Waals surface area contributed by atoms with E-state index in [1.165, 1.54) is 37.7 Å². The lowest BCUT2D eigenvalue weighted by Gasteiger charge is -2.21. The summed E-state index contributed by atoms with van der Waals surface area (Å²) in [6.45, 7) is 0.289. The third-order valence-corrected chi connectivity index (χ3v) is 5.70. The number of amides is 1. The molecule has 2 aliphatic rings. The summed E-state index contributed by atoms with van der Waals surface area (Å²) in [7, 11) is 0. The second-order valence-corrected chi connectivity index (χ2v) is 8.19. The number of nitrogens with one attached hydrogen (secondary N) is 1. The van der Waals surface area contributed by atoms with Crippen LogP contribution in [0.5, 0.6) is 5.75 Å². The van der Waals surface area contributed by atoms with E-state index in [2.05, 4.69) is 33.4 Å². The van der Waals surface area contributed by atoms with Gasteiger partial charge in [-0.1, -0.05) is 47.3 Å². The molecular weight excluding hydrogens is 402 g/mol. The van der Waals surface area contributed by atoms with Crippen LogP contribution in [0.15, 0.2) is 52.5 Å². The van der Waals surface area contributed by atoms with Crippen molar-refractivity contribution in [1.82, 2.24) is 0 Å². The van der Waals surface area contributed by atoms with Crippen LogP contribution in [0.1, 0.15) is 43.2 Å². The van der Waals surface area contributed by atoms with Crippen molar-refractivity contribution in [1.29, 1.82) is 0 Å². The smallest absolute Gasteiger partial charge is 0.255 e. The van der Waals surface area contributed by atoms with E-state index in [9.17, 15) is 4.79 Å². The third kappa shape index (κ3) is 4.62. The van der Waals surface area contributed by atoms with Crippen molar-refractivity contribution >= 4 is 33.6 Å². The third-order valence-electron chi connectivity index (χ3n) is 5.20. The molecule has 0 aromatic heterocycles. The Balaban J connectivity index is 1.39. The first-order valence-electron chi connectivity index (χ1n) is 9.54. The molecule has 27 heavy (non-hydrogen) atoms. The minimum Gasteiger partial charge on any atom is -0.488 e. The van der Waals surface area contributed by atoms with Crippen LogP contribution in [0, 0.1) is 5.92 Å². The number of halogens is 1. The zero-order valence-corrected chi connectivity index (χ0v) is 16.8. The quantitative estimate of drug-likeness (QED) is 0.658. The van der Waals surface area contributed by atoms with Gasteiger partial charge in [-0.2, -0.15) is 0 Å². The fourth-order valence-corrected chi connectivity index (χ4v) is 4.09. The summed E-state index contributed by atoms with van der Waals surface area (Å²) in [6.07, 6.45) is 9.54. The molecule has 1 aliphatic carbocycles. The van der Waals surface area contributed by atoms with E-state index in [0.717, 1.165) is 27.9 Å². The van der Waals surface area contributed by atoms with Gasteiger partial charge in [-0.05, 0) is 67.2 Å². The number of benzene rings is 2. The first-order chi connectivity index (χ1) is 13.2. The van der Waals surface area contributed by atoms with Gasteiger partial charge in [0.15, 0.2) is 0 Å². The zero-order valence-electron chi connectivity index (χ0n) is 15.3. The van der Waals surface area contributed by atoms with E-state index < -0.39 is 0 Å². The van der Waals surface area contributed by atoms with Crippen molar-refractivity contribution in [2.75, 3.05) is 11.9 Å². The number of hydrogen-bond acceptors (Lipinski definition) is 2. The highest BCUT2D eigenvalue weighted by Gasteiger charge is 2.18. The van der Waals surface area contributed by atoms with E-state index >= 15 is 0 Å². The largest absolute Gasteiger partial charge is 0.488 e.